The Morgan fingerprint density at radius 3 is 2.56 bits per heavy atom. The average molecular weight is 311 g/mol. The van der Waals surface area contributed by atoms with E-state index in [9.17, 15) is 0 Å². The lowest BCUT2D eigenvalue weighted by atomic mass is 9.96. The van der Waals surface area contributed by atoms with Crippen LogP contribution in [0.5, 0.6) is 0 Å². The summed E-state index contributed by atoms with van der Waals surface area (Å²) in [6, 6.07) is 4.19. The zero-order chi connectivity index (χ0) is 13.9. The van der Waals surface area contributed by atoms with Crippen LogP contribution in [0.25, 0.3) is 0 Å². The molecule has 0 spiro atoms. The number of halogens is 1. The van der Waals surface area contributed by atoms with Gasteiger partial charge in [0, 0.05) is 24.6 Å². The molecule has 0 fully saturated rings. The van der Waals surface area contributed by atoms with Crippen molar-refractivity contribution in [1.82, 2.24) is 9.97 Å². The van der Waals surface area contributed by atoms with Gasteiger partial charge < -0.3 is 4.90 Å². The average Bonchev–Trinajstić information content (AvgIpc) is 2.26. The predicted octanol–water partition coefficient (Wildman–Crippen LogP) is 3.27. The Labute approximate surface area is 117 Å². The standard InChI is InChI=1S/C13H19BrN4/c1-9(6-7-15)18(5)11-8-10(14)16-12(17-11)13(2,3)4/h8-9H,6H2,1-5H3. The van der Waals surface area contributed by atoms with Crippen molar-refractivity contribution in [2.75, 3.05) is 11.9 Å². The van der Waals surface area contributed by atoms with E-state index in [-0.39, 0.29) is 11.5 Å². The SMILES string of the molecule is CC(CC#N)N(C)c1cc(Br)nc(C(C)(C)C)n1. The first kappa shape index (κ1) is 14.9. The van der Waals surface area contributed by atoms with Crippen LogP contribution in [0, 0.1) is 11.3 Å². The van der Waals surface area contributed by atoms with E-state index in [2.05, 4.69) is 52.7 Å². The maximum absolute atomic E-state index is 8.75. The van der Waals surface area contributed by atoms with Crippen molar-refractivity contribution in [3.8, 4) is 6.07 Å². The Bertz CT molecular complexity index is 459. The van der Waals surface area contributed by atoms with Gasteiger partial charge in [0.1, 0.15) is 16.2 Å². The molecule has 1 heterocycles. The minimum absolute atomic E-state index is 0.0994. The van der Waals surface area contributed by atoms with Crippen LogP contribution in [0.3, 0.4) is 0 Å². The third kappa shape index (κ3) is 3.67. The normalized spacial score (nSPS) is 12.9. The Hall–Kier alpha value is -1.15. The predicted molar refractivity (Wildman–Crippen MR) is 76.5 cm³/mol. The molecule has 4 nitrogen and oxygen atoms in total. The zero-order valence-electron chi connectivity index (χ0n) is 11.5. The van der Waals surface area contributed by atoms with Crippen molar-refractivity contribution in [2.45, 2.75) is 45.6 Å². The van der Waals surface area contributed by atoms with Crippen molar-refractivity contribution >= 4 is 21.7 Å². The summed E-state index contributed by atoms with van der Waals surface area (Å²) in [5.41, 5.74) is -0.0994. The minimum Gasteiger partial charge on any atom is -0.356 e. The summed E-state index contributed by atoms with van der Waals surface area (Å²) in [5, 5.41) is 8.75. The summed E-state index contributed by atoms with van der Waals surface area (Å²) in [4.78, 5) is 11.0. The van der Waals surface area contributed by atoms with E-state index in [1.165, 1.54) is 0 Å². The fourth-order valence-electron chi connectivity index (χ4n) is 1.42. The molecule has 0 aliphatic rings. The lowest BCUT2D eigenvalue weighted by molar-refractivity contribution is 0.541. The maximum atomic E-state index is 8.75. The second-order valence-corrected chi connectivity index (χ2v) is 6.26. The number of rotatable bonds is 3. The number of hydrogen-bond acceptors (Lipinski definition) is 4. The molecule has 1 rings (SSSR count). The van der Waals surface area contributed by atoms with Crippen LogP contribution in [0.1, 0.15) is 39.9 Å². The van der Waals surface area contributed by atoms with Crippen molar-refractivity contribution in [3.63, 3.8) is 0 Å². The summed E-state index contributed by atoms with van der Waals surface area (Å²) in [6.45, 7) is 8.25. The van der Waals surface area contributed by atoms with Crippen LogP contribution in [-0.2, 0) is 5.41 Å². The van der Waals surface area contributed by atoms with Gasteiger partial charge in [-0.2, -0.15) is 5.26 Å². The number of hydrogen-bond donors (Lipinski definition) is 0. The molecule has 0 radical (unpaired) electrons. The molecule has 1 aromatic heterocycles. The molecule has 0 amide bonds. The highest BCUT2D eigenvalue weighted by Gasteiger charge is 2.20. The van der Waals surface area contributed by atoms with Gasteiger partial charge in [0.25, 0.3) is 0 Å². The van der Waals surface area contributed by atoms with Crippen LogP contribution in [0.15, 0.2) is 10.7 Å². The number of aromatic nitrogens is 2. The summed E-state index contributed by atoms with van der Waals surface area (Å²) in [6.07, 6.45) is 0.475. The van der Waals surface area contributed by atoms with Gasteiger partial charge in [0.15, 0.2) is 0 Å². The second kappa shape index (κ2) is 5.66. The molecular weight excluding hydrogens is 292 g/mol. The highest BCUT2D eigenvalue weighted by molar-refractivity contribution is 9.10. The smallest absolute Gasteiger partial charge is 0.137 e. The molecule has 1 aromatic rings. The molecule has 0 aliphatic carbocycles. The molecule has 98 valence electrons. The summed E-state index contributed by atoms with van der Waals surface area (Å²) in [5.74, 6) is 1.63. The third-order valence-corrected chi connectivity index (χ3v) is 3.17. The van der Waals surface area contributed by atoms with Gasteiger partial charge in [-0.1, -0.05) is 20.8 Å². The number of anilines is 1. The Balaban J connectivity index is 3.11. The van der Waals surface area contributed by atoms with Crippen LogP contribution >= 0.6 is 15.9 Å². The molecule has 1 unspecified atom stereocenters. The van der Waals surface area contributed by atoms with Gasteiger partial charge in [-0.3, -0.25) is 0 Å². The fourth-order valence-corrected chi connectivity index (χ4v) is 1.79. The quantitative estimate of drug-likeness (QED) is 0.804. The molecule has 1 atom stereocenters. The van der Waals surface area contributed by atoms with Crippen molar-refractivity contribution < 1.29 is 0 Å². The first-order valence-electron chi connectivity index (χ1n) is 5.90. The van der Waals surface area contributed by atoms with E-state index in [4.69, 9.17) is 5.26 Å². The van der Waals surface area contributed by atoms with Crippen molar-refractivity contribution in [3.05, 3.63) is 16.5 Å². The van der Waals surface area contributed by atoms with E-state index in [0.717, 1.165) is 16.2 Å². The highest BCUT2D eigenvalue weighted by atomic mass is 79.9. The topological polar surface area (TPSA) is 52.8 Å². The van der Waals surface area contributed by atoms with Crippen molar-refractivity contribution in [2.24, 2.45) is 0 Å². The highest BCUT2D eigenvalue weighted by Crippen LogP contribution is 2.24. The molecule has 18 heavy (non-hydrogen) atoms. The lowest BCUT2D eigenvalue weighted by Gasteiger charge is -2.26. The van der Waals surface area contributed by atoms with E-state index in [1.54, 1.807) is 0 Å². The summed E-state index contributed by atoms with van der Waals surface area (Å²) in [7, 11) is 1.95. The Kier molecular flexibility index (Phi) is 4.69. The van der Waals surface area contributed by atoms with Crippen LogP contribution in [-0.4, -0.2) is 23.1 Å². The Morgan fingerprint density at radius 2 is 2.06 bits per heavy atom. The largest absolute Gasteiger partial charge is 0.356 e. The molecule has 0 saturated heterocycles. The van der Waals surface area contributed by atoms with Gasteiger partial charge in [-0.25, -0.2) is 9.97 Å². The first-order chi connectivity index (χ1) is 8.25. The second-order valence-electron chi connectivity index (χ2n) is 5.44. The number of nitriles is 1. The van der Waals surface area contributed by atoms with Gasteiger partial charge >= 0.3 is 0 Å². The van der Waals surface area contributed by atoms with Gasteiger partial charge in [0.2, 0.25) is 0 Å². The van der Waals surface area contributed by atoms with Crippen LogP contribution < -0.4 is 4.90 Å². The van der Waals surface area contributed by atoms with E-state index in [1.807, 2.05) is 24.9 Å². The van der Waals surface area contributed by atoms with Crippen LogP contribution in [0.4, 0.5) is 5.82 Å². The number of nitrogens with zero attached hydrogens (tertiary/aromatic N) is 4. The summed E-state index contributed by atoms with van der Waals surface area (Å²) >= 11 is 3.42. The molecule has 0 aliphatic heterocycles. The molecule has 0 saturated carbocycles. The van der Waals surface area contributed by atoms with Gasteiger partial charge in [-0.05, 0) is 22.9 Å². The van der Waals surface area contributed by atoms with E-state index < -0.39 is 0 Å². The monoisotopic (exact) mass is 310 g/mol. The minimum atomic E-state index is -0.0994. The summed E-state index contributed by atoms with van der Waals surface area (Å²) < 4.78 is 0.772. The molecular formula is C13H19BrN4. The third-order valence-electron chi connectivity index (χ3n) is 2.76. The Morgan fingerprint density at radius 1 is 1.44 bits per heavy atom. The van der Waals surface area contributed by atoms with E-state index in [0.29, 0.717) is 6.42 Å². The molecule has 0 N–H and O–H groups in total. The maximum Gasteiger partial charge on any atom is 0.137 e. The van der Waals surface area contributed by atoms with Gasteiger partial charge in [-0.15, -0.1) is 0 Å². The van der Waals surface area contributed by atoms with Crippen molar-refractivity contribution in [1.29, 1.82) is 5.26 Å². The molecule has 0 aromatic carbocycles. The first-order valence-corrected chi connectivity index (χ1v) is 6.70. The zero-order valence-corrected chi connectivity index (χ0v) is 13.1. The van der Waals surface area contributed by atoms with E-state index >= 15 is 0 Å². The van der Waals surface area contributed by atoms with Crippen LogP contribution in [0.2, 0.25) is 0 Å². The molecule has 5 heteroatoms. The lowest BCUT2D eigenvalue weighted by Crippen LogP contribution is -2.30. The molecule has 0 bridgehead atoms. The fraction of sp³-hybridized carbons (Fsp3) is 0.615. The van der Waals surface area contributed by atoms with Gasteiger partial charge in [0.05, 0.1) is 12.5 Å².